The quantitative estimate of drug-likeness (QED) is 0.735. The van der Waals surface area contributed by atoms with E-state index >= 15 is 0 Å². The van der Waals surface area contributed by atoms with Crippen LogP contribution in [-0.4, -0.2) is 15.7 Å². The van der Waals surface area contributed by atoms with E-state index in [0.29, 0.717) is 0 Å². The molecule has 1 atom stereocenters. The number of nitrogens with zero attached hydrogens (tertiary/aromatic N) is 2. The maximum atomic E-state index is 12.8. The Hall–Kier alpha value is -2.60. The third-order valence-corrected chi connectivity index (χ3v) is 5.88. The molecule has 0 radical (unpaired) electrons. The molecule has 1 aliphatic rings. The second-order valence-electron chi connectivity index (χ2n) is 6.51. The number of amides is 1. The number of nitrogens with one attached hydrogen (secondary N) is 2. The molecule has 0 saturated heterocycles. The van der Waals surface area contributed by atoms with Crippen molar-refractivity contribution in [2.75, 3.05) is 5.32 Å². The largest absolute Gasteiger partial charge is 0.352 e. The highest BCUT2D eigenvalue weighted by molar-refractivity contribution is 7.15. The topological polar surface area (TPSA) is 59.0 Å². The first-order valence-corrected chi connectivity index (χ1v) is 9.08. The van der Waals surface area contributed by atoms with Crippen molar-refractivity contribution in [2.24, 2.45) is 7.05 Å². The molecule has 2 N–H and O–H groups in total. The van der Waals surface area contributed by atoms with E-state index in [-0.39, 0.29) is 12.1 Å². The molecule has 0 saturated carbocycles. The Morgan fingerprint density at radius 3 is 2.64 bits per heavy atom. The summed E-state index contributed by atoms with van der Waals surface area (Å²) in [5.41, 5.74) is 7.29. The molecule has 0 fully saturated rings. The van der Waals surface area contributed by atoms with Gasteiger partial charge in [0.15, 0.2) is 0 Å². The smallest absolute Gasteiger partial charge is 0.256 e. The van der Waals surface area contributed by atoms with Crippen LogP contribution in [0.3, 0.4) is 0 Å². The summed E-state index contributed by atoms with van der Waals surface area (Å²) in [5.74, 6) is -0.0449. The summed E-state index contributed by atoms with van der Waals surface area (Å²) < 4.78 is 1.81. The zero-order valence-electron chi connectivity index (χ0n) is 14.7. The molecule has 0 bridgehead atoms. The SMILES string of the molecule is Cc1ccc(-c2csc3c2C(=O)N[C@@H](c2cnn(C)c2C)N3)cc1C. The number of hydrogen-bond acceptors (Lipinski definition) is 4. The van der Waals surface area contributed by atoms with Crippen molar-refractivity contribution in [3.63, 3.8) is 0 Å². The van der Waals surface area contributed by atoms with E-state index in [2.05, 4.69) is 53.2 Å². The number of anilines is 1. The van der Waals surface area contributed by atoms with Crippen molar-refractivity contribution in [3.05, 3.63) is 57.7 Å². The van der Waals surface area contributed by atoms with Crippen molar-refractivity contribution in [1.29, 1.82) is 0 Å². The number of fused-ring (bicyclic) bond motifs is 1. The third-order valence-electron chi connectivity index (χ3n) is 4.97. The van der Waals surface area contributed by atoms with Crippen molar-refractivity contribution in [3.8, 4) is 11.1 Å². The highest BCUT2D eigenvalue weighted by Crippen LogP contribution is 2.40. The number of rotatable bonds is 2. The van der Waals surface area contributed by atoms with Crippen LogP contribution in [0.1, 0.15) is 38.9 Å². The van der Waals surface area contributed by atoms with Crippen molar-refractivity contribution >= 4 is 22.2 Å². The van der Waals surface area contributed by atoms with E-state index in [9.17, 15) is 4.79 Å². The molecule has 1 amide bonds. The number of thiophene rings is 1. The maximum Gasteiger partial charge on any atom is 0.256 e. The number of carbonyl (C=O) groups is 1. The van der Waals surface area contributed by atoms with Crippen LogP contribution in [0.4, 0.5) is 5.00 Å². The molecule has 5 nitrogen and oxygen atoms in total. The molecule has 6 heteroatoms. The predicted molar refractivity (Wildman–Crippen MR) is 101 cm³/mol. The minimum atomic E-state index is -0.250. The molecule has 0 aliphatic carbocycles. The second kappa shape index (κ2) is 5.74. The lowest BCUT2D eigenvalue weighted by atomic mass is 9.98. The Bertz CT molecular complexity index is 985. The van der Waals surface area contributed by atoms with Gasteiger partial charge in [-0.25, -0.2) is 0 Å². The average molecular weight is 352 g/mol. The van der Waals surface area contributed by atoms with Crippen LogP contribution in [0.25, 0.3) is 11.1 Å². The molecule has 25 heavy (non-hydrogen) atoms. The van der Waals surface area contributed by atoms with Gasteiger partial charge in [-0.1, -0.05) is 18.2 Å². The molecule has 1 aliphatic heterocycles. The van der Waals surface area contributed by atoms with Gasteiger partial charge in [0.2, 0.25) is 0 Å². The maximum absolute atomic E-state index is 12.8. The molecule has 3 aromatic rings. The first-order chi connectivity index (χ1) is 12.0. The van der Waals surface area contributed by atoms with Crippen molar-refractivity contribution in [2.45, 2.75) is 26.9 Å². The highest BCUT2D eigenvalue weighted by Gasteiger charge is 2.30. The van der Waals surface area contributed by atoms with Crippen LogP contribution in [-0.2, 0) is 7.05 Å². The molecular formula is C19H20N4OS. The lowest BCUT2D eigenvalue weighted by molar-refractivity contribution is 0.0937. The van der Waals surface area contributed by atoms with E-state index in [4.69, 9.17) is 0 Å². The molecule has 128 valence electrons. The van der Waals surface area contributed by atoms with E-state index < -0.39 is 0 Å². The lowest BCUT2D eigenvalue weighted by Crippen LogP contribution is -2.38. The number of benzene rings is 1. The van der Waals surface area contributed by atoms with Crippen molar-refractivity contribution < 1.29 is 4.79 Å². The van der Waals surface area contributed by atoms with Gasteiger partial charge in [0.1, 0.15) is 11.2 Å². The average Bonchev–Trinajstić information content (AvgIpc) is 3.15. The van der Waals surface area contributed by atoms with Gasteiger partial charge in [-0.05, 0) is 37.5 Å². The summed E-state index contributed by atoms with van der Waals surface area (Å²) in [6.07, 6.45) is 1.55. The van der Waals surface area contributed by atoms with Gasteiger partial charge in [-0.3, -0.25) is 9.48 Å². The number of hydrogen-bond donors (Lipinski definition) is 2. The van der Waals surface area contributed by atoms with E-state index in [0.717, 1.165) is 32.9 Å². The highest BCUT2D eigenvalue weighted by atomic mass is 32.1. The Morgan fingerprint density at radius 1 is 1.16 bits per heavy atom. The number of carbonyl (C=O) groups excluding carboxylic acids is 1. The van der Waals surface area contributed by atoms with Gasteiger partial charge in [-0.2, -0.15) is 5.10 Å². The molecule has 4 rings (SSSR count). The van der Waals surface area contributed by atoms with Crippen LogP contribution < -0.4 is 10.6 Å². The standard InChI is InChI=1S/C19H20N4OS/c1-10-5-6-13(7-11(10)2)15-9-25-19-16(15)18(24)21-17(22-19)14-8-20-23(4)12(14)3/h5-9,17,22H,1-4H3,(H,21,24)/t17-/m1/s1. The fraction of sp³-hybridized carbons (Fsp3) is 0.263. The fourth-order valence-corrected chi connectivity index (χ4v) is 4.13. The minimum Gasteiger partial charge on any atom is -0.352 e. The zero-order chi connectivity index (χ0) is 17.7. The summed E-state index contributed by atoms with van der Waals surface area (Å²) >= 11 is 1.57. The van der Waals surface area contributed by atoms with Crippen LogP contribution >= 0.6 is 11.3 Å². The van der Waals surface area contributed by atoms with Gasteiger partial charge in [0.25, 0.3) is 5.91 Å². The summed E-state index contributed by atoms with van der Waals surface area (Å²) in [4.78, 5) is 12.8. The van der Waals surface area contributed by atoms with Crippen LogP contribution in [0, 0.1) is 20.8 Å². The fourth-order valence-electron chi connectivity index (χ4n) is 3.14. The first kappa shape index (κ1) is 15.9. The number of aryl methyl sites for hydroxylation is 3. The van der Waals surface area contributed by atoms with Gasteiger partial charge in [-0.15, -0.1) is 11.3 Å². The summed E-state index contributed by atoms with van der Waals surface area (Å²) in [6.45, 7) is 6.19. The lowest BCUT2D eigenvalue weighted by Gasteiger charge is -2.26. The molecular weight excluding hydrogens is 332 g/mol. The van der Waals surface area contributed by atoms with Gasteiger partial charge < -0.3 is 10.6 Å². The minimum absolute atomic E-state index is 0.0449. The normalized spacial score (nSPS) is 16.3. The number of aromatic nitrogens is 2. The molecule has 3 heterocycles. The van der Waals surface area contributed by atoms with Crippen LogP contribution in [0.15, 0.2) is 29.8 Å². The Kier molecular flexibility index (Phi) is 3.65. The van der Waals surface area contributed by atoms with Gasteiger partial charge in [0, 0.05) is 29.2 Å². The molecule has 0 spiro atoms. The Morgan fingerprint density at radius 2 is 1.96 bits per heavy atom. The molecule has 0 unspecified atom stereocenters. The third kappa shape index (κ3) is 2.53. The second-order valence-corrected chi connectivity index (χ2v) is 7.39. The van der Waals surface area contributed by atoms with E-state index in [1.807, 2.05) is 18.7 Å². The molecule has 1 aromatic carbocycles. The van der Waals surface area contributed by atoms with Crippen LogP contribution in [0.5, 0.6) is 0 Å². The summed E-state index contributed by atoms with van der Waals surface area (Å²) in [7, 11) is 1.90. The Balaban J connectivity index is 1.73. The predicted octanol–water partition coefficient (Wildman–Crippen LogP) is 3.93. The van der Waals surface area contributed by atoms with E-state index in [1.165, 1.54) is 11.1 Å². The Labute approximate surface area is 150 Å². The van der Waals surface area contributed by atoms with E-state index in [1.54, 1.807) is 17.5 Å². The van der Waals surface area contributed by atoms with Crippen molar-refractivity contribution in [1.82, 2.24) is 15.1 Å². The first-order valence-electron chi connectivity index (χ1n) is 8.20. The van der Waals surface area contributed by atoms with Gasteiger partial charge >= 0.3 is 0 Å². The summed E-state index contributed by atoms with van der Waals surface area (Å²) in [5, 5.41) is 13.8. The summed E-state index contributed by atoms with van der Waals surface area (Å²) in [6, 6.07) is 6.32. The molecule has 2 aromatic heterocycles. The zero-order valence-corrected chi connectivity index (χ0v) is 15.5. The van der Waals surface area contributed by atoms with Crippen LogP contribution in [0.2, 0.25) is 0 Å². The monoisotopic (exact) mass is 352 g/mol. The van der Waals surface area contributed by atoms with Gasteiger partial charge in [0.05, 0.1) is 11.8 Å².